The maximum Gasteiger partial charge on any atom is 0.353 e. The van der Waals surface area contributed by atoms with Crippen molar-refractivity contribution in [2.45, 2.75) is 6.92 Å². The first-order valence-corrected chi connectivity index (χ1v) is 11.0. The van der Waals surface area contributed by atoms with Gasteiger partial charge in [-0.15, -0.1) is 11.3 Å². The van der Waals surface area contributed by atoms with Gasteiger partial charge in [-0.25, -0.2) is 10.2 Å². The largest absolute Gasteiger partial charge is 0.493 e. The Morgan fingerprint density at radius 3 is 2.48 bits per heavy atom. The SMILES string of the molecule is COc1cc(/C(C)=N/NC(=O)C(=O)Nc2cc(Cl)ccc2Cl)ccc1OC(=O)c1cccs1. The quantitative estimate of drug-likeness (QED) is 0.165. The number of rotatable bonds is 6. The van der Waals surface area contributed by atoms with E-state index in [1.165, 1.54) is 30.6 Å². The molecule has 33 heavy (non-hydrogen) atoms. The molecule has 170 valence electrons. The summed E-state index contributed by atoms with van der Waals surface area (Å²) in [6.07, 6.45) is 0. The highest BCUT2D eigenvalue weighted by Crippen LogP contribution is 2.29. The summed E-state index contributed by atoms with van der Waals surface area (Å²) in [5, 5.41) is 8.66. The second kappa shape index (κ2) is 11.0. The number of halogens is 2. The van der Waals surface area contributed by atoms with Gasteiger partial charge >= 0.3 is 17.8 Å². The van der Waals surface area contributed by atoms with Crippen molar-refractivity contribution in [1.82, 2.24) is 5.43 Å². The van der Waals surface area contributed by atoms with Crippen LogP contribution in [0.4, 0.5) is 5.69 Å². The van der Waals surface area contributed by atoms with E-state index in [1.54, 1.807) is 48.7 Å². The van der Waals surface area contributed by atoms with Gasteiger partial charge in [0.25, 0.3) is 0 Å². The molecule has 2 aromatic carbocycles. The monoisotopic (exact) mass is 505 g/mol. The van der Waals surface area contributed by atoms with Crippen LogP contribution in [0.25, 0.3) is 0 Å². The Morgan fingerprint density at radius 2 is 1.79 bits per heavy atom. The average Bonchev–Trinajstić information content (AvgIpc) is 3.35. The number of anilines is 1. The Bertz CT molecular complexity index is 1230. The molecular formula is C22H17Cl2N3O5S. The number of carbonyl (C=O) groups is 3. The summed E-state index contributed by atoms with van der Waals surface area (Å²) < 4.78 is 10.7. The van der Waals surface area contributed by atoms with Gasteiger partial charge in [0, 0.05) is 10.6 Å². The van der Waals surface area contributed by atoms with Crippen molar-refractivity contribution in [1.29, 1.82) is 0 Å². The molecule has 0 spiro atoms. The van der Waals surface area contributed by atoms with Crippen LogP contribution >= 0.6 is 34.5 Å². The first-order chi connectivity index (χ1) is 15.8. The van der Waals surface area contributed by atoms with Crippen molar-refractivity contribution < 1.29 is 23.9 Å². The van der Waals surface area contributed by atoms with Gasteiger partial charge in [0.1, 0.15) is 4.88 Å². The average molecular weight is 506 g/mol. The van der Waals surface area contributed by atoms with Crippen LogP contribution in [0.2, 0.25) is 10.0 Å². The van der Waals surface area contributed by atoms with E-state index in [0.717, 1.165) is 0 Å². The van der Waals surface area contributed by atoms with Gasteiger partial charge in [-0.3, -0.25) is 9.59 Å². The fraction of sp³-hybridized carbons (Fsp3) is 0.0909. The highest BCUT2D eigenvalue weighted by atomic mass is 35.5. The molecule has 0 atom stereocenters. The van der Waals surface area contributed by atoms with E-state index in [1.807, 2.05) is 0 Å². The zero-order valence-electron chi connectivity index (χ0n) is 17.3. The summed E-state index contributed by atoms with van der Waals surface area (Å²) in [6, 6.07) is 12.6. The Kier molecular flexibility index (Phi) is 8.05. The molecule has 0 radical (unpaired) electrons. The van der Waals surface area contributed by atoms with E-state index in [-0.39, 0.29) is 16.5 Å². The molecule has 0 saturated carbocycles. The second-order valence-corrected chi connectivity index (χ2v) is 8.24. The van der Waals surface area contributed by atoms with Crippen LogP contribution in [0.3, 0.4) is 0 Å². The molecule has 0 bridgehead atoms. The molecule has 1 heterocycles. The Hall–Kier alpha value is -3.40. The predicted octanol–water partition coefficient (Wildman–Crippen LogP) is 4.76. The van der Waals surface area contributed by atoms with E-state index in [0.29, 0.717) is 26.9 Å². The van der Waals surface area contributed by atoms with Crippen molar-refractivity contribution >= 4 is 63.7 Å². The maximum atomic E-state index is 12.2. The molecule has 3 rings (SSSR count). The minimum absolute atomic E-state index is 0.197. The van der Waals surface area contributed by atoms with E-state index in [9.17, 15) is 14.4 Å². The van der Waals surface area contributed by atoms with E-state index in [4.69, 9.17) is 32.7 Å². The summed E-state index contributed by atoms with van der Waals surface area (Å²) in [7, 11) is 1.43. The predicted molar refractivity (Wildman–Crippen MR) is 128 cm³/mol. The number of methoxy groups -OCH3 is 1. The number of benzene rings is 2. The van der Waals surface area contributed by atoms with E-state index in [2.05, 4.69) is 15.8 Å². The zero-order valence-corrected chi connectivity index (χ0v) is 19.7. The summed E-state index contributed by atoms with van der Waals surface area (Å²) in [5.74, 6) is -1.94. The number of thiophene rings is 1. The van der Waals surface area contributed by atoms with Gasteiger partial charge in [0.2, 0.25) is 0 Å². The van der Waals surface area contributed by atoms with Gasteiger partial charge in [0.15, 0.2) is 11.5 Å². The minimum atomic E-state index is -1.00. The number of ether oxygens (including phenoxy) is 2. The molecular weight excluding hydrogens is 489 g/mol. The van der Waals surface area contributed by atoms with Crippen LogP contribution in [-0.2, 0) is 9.59 Å². The Labute approximate surface area is 203 Å². The first-order valence-electron chi connectivity index (χ1n) is 9.33. The molecule has 0 aliphatic heterocycles. The van der Waals surface area contributed by atoms with Crippen molar-refractivity contribution in [2.75, 3.05) is 12.4 Å². The molecule has 8 nitrogen and oxygen atoms in total. The second-order valence-electron chi connectivity index (χ2n) is 6.45. The minimum Gasteiger partial charge on any atom is -0.493 e. The number of esters is 1. The van der Waals surface area contributed by atoms with Gasteiger partial charge in [-0.2, -0.15) is 5.10 Å². The lowest BCUT2D eigenvalue weighted by atomic mass is 10.1. The van der Waals surface area contributed by atoms with Gasteiger partial charge in [-0.1, -0.05) is 29.3 Å². The van der Waals surface area contributed by atoms with Crippen LogP contribution in [0.1, 0.15) is 22.2 Å². The molecule has 0 saturated heterocycles. The van der Waals surface area contributed by atoms with Crippen LogP contribution in [0, 0.1) is 0 Å². The summed E-state index contributed by atoms with van der Waals surface area (Å²) in [6.45, 7) is 1.62. The van der Waals surface area contributed by atoms with Crippen LogP contribution < -0.4 is 20.2 Å². The summed E-state index contributed by atoms with van der Waals surface area (Å²) in [5.41, 5.74) is 3.32. The third kappa shape index (κ3) is 6.32. The molecule has 11 heteroatoms. The number of hydrogen-bond donors (Lipinski definition) is 2. The number of carbonyl (C=O) groups excluding carboxylic acids is 3. The van der Waals surface area contributed by atoms with Crippen molar-refractivity contribution in [2.24, 2.45) is 5.10 Å². The molecule has 3 aromatic rings. The molecule has 0 aliphatic carbocycles. The first kappa shape index (κ1) is 24.2. The summed E-state index contributed by atoms with van der Waals surface area (Å²) in [4.78, 5) is 36.9. The lowest BCUT2D eigenvalue weighted by molar-refractivity contribution is -0.136. The Balaban J connectivity index is 1.66. The van der Waals surface area contributed by atoms with Crippen molar-refractivity contribution in [3.05, 3.63) is 74.4 Å². The van der Waals surface area contributed by atoms with E-state index >= 15 is 0 Å². The number of hydrogen-bond acceptors (Lipinski definition) is 7. The van der Waals surface area contributed by atoms with Crippen LogP contribution in [-0.4, -0.2) is 30.6 Å². The third-order valence-electron chi connectivity index (χ3n) is 4.21. The lowest BCUT2D eigenvalue weighted by Gasteiger charge is -2.11. The standard InChI is InChI=1S/C22H17Cl2N3O5S/c1-12(26-27-21(29)20(28)25-16-11-14(23)6-7-15(16)24)13-5-8-17(18(10-13)31-2)32-22(30)19-4-3-9-33-19/h3-11H,1-2H3,(H,25,28)(H,27,29)/b26-12+. The molecule has 2 N–H and O–H groups in total. The highest BCUT2D eigenvalue weighted by molar-refractivity contribution is 7.12. The maximum absolute atomic E-state index is 12.2. The number of nitrogens with zero attached hydrogens (tertiary/aromatic N) is 1. The summed E-state index contributed by atoms with van der Waals surface area (Å²) >= 11 is 13.1. The normalized spacial score (nSPS) is 11.0. The molecule has 0 aliphatic rings. The van der Waals surface area contributed by atoms with Gasteiger partial charge in [-0.05, 0) is 54.8 Å². The number of nitrogens with one attached hydrogen (secondary N) is 2. The van der Waals surface area contributed by atoms with Crippen molar-refractivity contribution in [3.63, 3.8) is 0 Å². The zero-order chi connectivity index (χ0) is 24.0. The smallest absolute Gasteiger partial charge is 0.353 e. The number of hydrazone groups is 1. The number of amides is 2. The topological polar surface area (TPSA) is 106 Å². The van der Waals surface area contributed by atoms with Crippen molar-refractivity contribution in [3.8, 4) is 11.5 Å². The van der Waals surface area contributed by atoms with Gasteiger partial charge < -0.3 is 14.8 Å². The fourth-order valence-electron chi connectivity index (χ4n) is 2.54. The van der Waals surface area contributed by atoms with E-state index < -0.39 is 17.8 Å². The molecule has 1 aromatic heterocycles. The van der Waals surface area contributed by atoms with Crippen LogP contribution in [0.5, 0.6) is 11.5 Å². The van der Waals surface area contributed by atoms with Crippen LogP contribution in [0.15, 0.2) is 59.0 Å². The molecule has 0 fully saturated rings. The lowest BCUT2D eigenvalue weighted by Crippen LogP contribution is -2.33. The third-order valence-corrected chi connectivity index (χ3v) is 5.63. The Morgan fingerprint density at radius 1 is 1.00 bits per heavy atom. The molecule has 2 amide bonds. The highest BCUT2D eigenvalue weighted by Gasteiger charge is 2.17. The van der Waals surface area contributed by atoms with Gasteiger partial charge in [0.05, 0.1) is 23.5 Å². The fourth-order valence-corrected chi connectivity index (χ4v) is 3.48. The molecule has 0 unspecified atom stereocenters.